The minimum atomic E-state index is -0.0336. The highest BCUT2D eigenvalue weighted by atomic mass is 16.3. The van der Waals surface area contributed by atoms with Crippen LogP contribution in [0.5, 0.6) is 5.75 Å². The molecular weight excluding hydrogens is 322 g/mol. The number of rotatable bonds is 4. The lowest BCUT2D eigenvalue weighted by atomic mass is 9.86. The van der Waals surface area contributed by atoms with Crippen LogP contribution in [0, 0.1) is 0 Å². The van der Waals surface area contributed by atoms with Crippen LogP contribution in [0.2, 0.25) is 0 Å². The molecule has 3 nitrogen and oxygen atoms in total. The third-order valence-electron chi connectivity index (χ3n) is 4.31. The maximum Gasteiger partial charge on any atom is 0.195 e. The second kappa shape index (κ2) is 7.04. The van der Waals surface area contributed by atoms with Crippen LogP contribution in [0.25, 0.3) is 0 Å². The van der Waals surface area contributed by atoms with Crippen molar-refractivity contribution in [3.63, 3.8) is 0 Å². The Morgan fingerprint density at radius 2 is 1.58 bits per heavy atom. The van der Waals surface area contributed by atoms with Gasteiger partial charge in [0.2, 0.25) is 0 Å². The van der Waals surface area contributed by atoms with Gasteiger partial charge in [-0.3, -0.25) is 4.79 Å². The molecule has 0 radical (unpaired) electrons. The number of phenols is 1. The van der Waals surface area contributed by atoms with Crippen molar-refractivity contribution in [1.82, 2.24) is 0 Å². The Kier molecular flexibility index (Phi) is 4.81. The van der Waals surface area contributed by atoms with Crippen molar-refractivity contribution in [2.24, 2.45) is 0 Å². The van der Waals surface area contributed by atoms with E-state index in [-0.39, 0.29) is 16.9 Å². The number of benzene rings is 3. The molecule has 0 aromatic heterocycles. The maximum atomic E-state index is 13.0. The van der Waals surface area contributed by atoms with Gasteiger partial charge in [-0.25, -0.2) is 0 Å². The van der Waals surface area contributed by atoms with Gasteiger partial charge in [0.1, 0.15) is 5.75 Å². The van der Waals surface area contributed by atoms with Crippen molar-refractivity contribution >= 4 is 17.2 Å². The number of aromatic hydroxyl groups is 1. The summed E-state index contributed by atoms with van der Waals surface area (Å²) in [6, 6.07) is 22.0. The zero-order chi connectivity index (χ0) is 18.7. The van der Waals surface area contributed by atoms with E-state index in [0.717, 1.165) is 5.69 Å². The molecule has 0 saturated heterocycles. The first-order valence-electron chi connectivity index (χ1n) is 8.65. The Morgan fingerprint density at radius 3 is 2.23 bits per heavy atom. The van der Waals surface area contributed by atoms with Gasteiger partial charge in [0.15, 0.2) is 5.78 Å². The number of hydrogen-bond donors (Lipinski definition) is 2. The third-order valence-corrected chi connectivity index (χ3v) is 4.31. The number of hydrogen-bond acceptors (Lipinski definition) is 3. The molecule has 0 aliphatic rings. The molecule has 0 aliphatic carbocycles. The van der Waals surface area contributed by atoms with Gasteiger partial charge in [-0.2, -0.15) is 0 Å². The summed E-state index contributed by atoms with van der Waals surface area (Å²) in [6.45, 7) is 6.45. The molecule has 132 valence electrons. The van der Waals surface area contributed by atoms with Crippen LogP contribution in [0.4, 0.5) is 11.4 Å². The van der Waals surface area contributed by atoms with E-state index < -0.39 is 0 Å². The fraction of sp³-hybridized carbons (Fsp3) is 0.174. The Hall–Kier alpha value is -3.07. The lowest BCUT2D eigenvalue weighted by Gasteiger charge is -2.19. The Balaban J connectivity index is 1.90. The van der Waals surface area contributed by atoms with Gasteiger partial charge < -0.3 is 10.4 Å². The summed E-state index contributed by atoms with van der Waals surface area (Å²) in [4.78, 5) is 13.0. The average molecular weight is 345 g/mol. The van der Waals surface area contributed by atoms with E-state index in [1.165, 1.54) is 5.56 Å². The molecule has 0 atom stereocenters. The second-order valence-electron chi connectivity index (χ2n) is 7.38. The topological polar surface area (TPSA) is 49.3 Å². The van der Waals surface area contributed by atoms with E-state index in [9.17, 15) is 9.90 Å². The number of para-hydroxylation sites is 1. The number of ketones is 1. The smallest absolute Gasteiger partial charge is 0.195 e. The van der Waals surface area contributed by atoms with Crippen LogP contribution in [0.1, 0.15) is 42.3 Å². The number of carbonyl (C=O) groups excluding carboxylic acids is 1. The van der Waals surface area contributed by atoms with E-state index >= 15 is 0 Å². The van der Waals surface area contributed by atoms with Crippen molar-refractivity contribution < 1.29 is 9.90 Å². The number of carbonyl (C=O) groups is 1. The van der Waals surface area contributed by atoms with Crippen LogP contribution in [0.3, 0.4) is 0 Å². The molecule has 0 spiro atoms. The standard InChI is InChI=1S/C23H23NO2/c1-23(2,3)17-13-11-16(12-14-17)22(26)20-9-4-5-10-21(20)24-18-7-6-8-19(25)15-18/h4-15,24-25H,1-3H3. The van der Waals surface area contributed by atoms with Crippen molar-refractivity contribution in [3.8, 4) is 5.75 Å². The lowest BCUT2D eigenvalue weighted by Crippen LogP contribution is -2.11. The van der Waals surface area contributed by atoms with Gasteiger partial charge in [0, 0.05) is 28.6 Å². The molecule has 0 aliphatic heterocycles. The number of phenolic OH excluding ortho intramolecular Hbond substituents is 1. The number of anilines is 2. The zero-order valence-corrected chi connectivity index (χ0v) is 15.3. The molecule has 0 saturated carbocycles. The van der Waals surface area contributed by atoms with Crippen molar-refractivity contribution in [1.29, 1.82) is 0 Å². The van der Waals surface area contributed by atoms with Crippen LogP contribution in [-0.4, -0.2) is 10.9 Å². The molecule has 2 N–H and O–H groups in total. The molecule has 3 aromatic carbocycles. The normalized spacial score (nSPS) is 11.2. The number of nitrogens with one attached hydrogen (secondary N) is 1. The molecular formula is C23H23NO2. The lowest BCUT2D eigenvalue weighted by molar-refractivity contribution is 0.103. The molecule has 3 aromatic rings. The molecule has 0 heterocycles. The fourth-order valence-electron chi connectivity index (χ4n) is 2.81. The van der Waals surface area contributed by atoms with Crippen molar-refractivity contribution in [3.05, 3.63) is 89.5 Å². The molecule has 0 fully saturated rings. The van der Waals surface area contributed by atoms with Gasteiger partial charge in [-0.1, -0.05) is 63.2 Å². The van der Waals surface area contributed by atoms with E-state index in [1.807, 2.05) is 54.6 Å². The maximum absolute atomic E-state index is 13.0. The average Bonchev–Trinajstić information content (AvgIpc) is 2.61. The Morgan fingerprint density at radius 1 is 0.885 bits per heavy atom. The molecule has 3 rings (SSSR count). The van der Waals surface area contributed by atoms with E-state index in [1.54, 1.807) is 18.2 Å². The van der Waals surface area contributed by atoms with Crippen LogP contribution in [0.15, 0.2) is 72.8 Å². The van der Waals surface area contributed by atoms with Gasteiger partial charge in [0.25, 0.3) is 0 Å². The molecule has 0 amide bonds. The largest absolute Gasteiger partial charge is 0.508 e. The summed E-state index contributed by atoms with van der Waals surface area (Å²) in [7, 11) is 0. The van der Waals surface area contributed by atoms with Crippen LogP contribution >= 0.6 is 0 Å². The molecule has 26 heavy (non-hydrogen) atoms. The minimum Gasteiger partial charge on any atom is -0.508 e. The molecule has 0 bridgehead atoms. The summed E-state index contributed by atoms with van der Waals surface area (Å²) in [5.41, 5.74) is 3.94. The van der Waals surface area contributed by atoms with E-state index in [4.69, 9.17) is 0 Å². The Labute approximate surface area is 154 Å². The fourth-order valence-corrected chi connectivity index (χ4v) is 2.81. The van der Waals surface area contributed by atoms with Crippen LogP contribution in [-0.2, 0) is 5.41 Å². The predicted octanol–water partition coefficient (Wildman–Crippen LogP) is 5.66. The summed E-state index contributed by atoms with van der Waals surface area (Å²) < 4.78 is 0. The van der Waals surface area contributed by atoms with Crippen molar-refractivity contribution in [2.75, 3.05) is 5.32 Å². The highest BCUT2D eigenvalue weighted by Gasteiger charge is 2.17. The van der Waals surface area contributed by atoms with Gasteiger partial charge in [0.05, 0.1) is 0 Å². The molecule has 0 unspecified atom stereocenters. The Bertz CT molecular complexity index is 921. The first-order chi connectivity index (χ1) is 12.3. The monoisotopic (exact) mass is 345 g/mol. The summed E-state index contributed by atoms with van der Waals surface area (Å²) >= 11 is 0. The first kappa shape index (κ1) is 17.7. The van der Waals surface area contributed by atoms with Crippen LogP contribution < -0.4 is 5.32 Å². The summed E-state index contributed by atoms with van der Waals surface area (Å²) in [5.74, 6) is 0.144. The highest BCUT2D eigenvalue weighted by molar-refractivity contribution is 6.12. The van der Waals surface area contributed by atoms with Gasteiger partial charge >= 0.3 is 0 Å². The quantitative estimate of drug-likeness (QED) is 0.599. The van der Waals surface area contributed by atoms with E-state index in [0.29, 0.717) is 16.8 Å². The molecule has 3 heteroatoms. The third kappa shape index (κ3) is 3.94. The first-order valence-corrected chi connectivity index (χ1v) is 8.65. The highest BCUT2D eigenvalue weighted by Crippen LogP contribution is 2.27. The SMILES string of the molecule is CC(C)(C)c1ccc(C(=O)c2ccccc2Nc2cccc(O)c2)cc1. The zero-order valence-electron chi connectivity index (χ0n) is 15.3. The minimum absolute atomic E-state index is 0.0336. The second-order valence-corrected chi connectivity index (χ2v) is 7.38. The van der Waals surface area contributed by atoms with Crippen molar-refractivity contribution in [2.45, 2.75) is 26.2 Å². The van der Waals surface area contributed by atoms with E-state index in [2.05, 4.69) is 26.1 Å². The predicted molar refractivity (Wildman–Crippen MR) is 106 cm³/mol. The summed E-state index contributed by atoms with van der Waals surface area (Å²) in [6.07, 6.45) is 0. The van der Waals surface area contributed by atoms with Gasteiger partial charge in [-0.05, 0) is 35.2 Å². The summed E-state index contributed by atoms with van der Waals surface area (Å²) in [5, 5.41) is 12.9. The van der Waals surface area contributed by atoms with Gasteiger partial charge in [-0.15, -0.1) is 0 Å².